The molecule has 6 heteroatoms. The summed E-state index contributed by atoms with van der Waals surface area (Å²) in [6.45, 7) is 6.25. The molecule has 0 atom stereocenters. The van der Waals surface area contributed by atoms with E-state index in [1.807, 2.05) is 12.1 Å². The molecule has 0 bridgehead atoms. The SMILES string of the molecule is CC(C)(C)c1ccc(-n2c(=O)[nH]c3cc(C(F)(F)F)ccc32)cc1. The highest BCUT2D eigenvalue weighted by atomic mass is 19.4. The zero-order valence-corrected chi connectivity index (χ0v) is 13.5. The first-order valence-corrected chi connectivity index (χ1v) is 7.50. The summed E-state index contributed by atoms with van der Waals surface area (Å²) in [5, 5.41) is 0. The lowest BCUT2D eigenvalue weighted by Gasteiger charge is -2.19. The summed E-state index contributed by atoms with van der Waals surface area (Å²) in [6, 6.07) is 10.7. The van der Waals surface area contributed by atoms with Gasteiger partial charge in [0.1, 0.15) is 0 Å². The number of aromatic amines is 1. The fraction of sp³-hybridized carbons (Fsp3) is 0.278. The van der Waals surface area contributed by atoms with E-state index in [0.29, 0.717) is 11.2 Å². The van der Waals surface area contributed by atoms with Gasteiger partial charge in [0.15, 0.2) is 0 Å². The minimum Gasteiger partial charge on any atom is -0.305 e. The van der Waals surface area contributed by atoms with Crippen molar-refractivity contribution in [1.82, 2.24) is 9.55 Å². The molecule has 3 aromatic rings. The minimum atomic E-state index is -4.44. The Morgan fingerprint density at radius 3 is 2.04 bits per heavy atom. The number of imidazole rings is 1. The van der Waals surface area contributed by atoms with Gasteiger partial charge in [-0.05, 0) is 41.3 Å². The Hall–Kier alpha value is -2.50. The number of rotatable bonds is 1. The number of hydrogen-bond acceptors (Lipinski definition) is 1. The highest BCUT2D eigenvalue weighted by Gasteiger charge is 2.31. The molecule has 3 rings (SSSR count). The summed E-state index contributed by atoms with van der Waals surface area (Å²) in [4.78, 5) is 14.7. The van der Waals surface area contributed by atoms with Crippen LogP contribution < -0.4 is 5.69 Å². The van der Waals surface area contributed by atoms with Gasteiger partial charge in [-0.2, -0.15) is 13.2 Å². The second-order valence-corrected chi connectivity index (χ2v) is 6.79. The Balaban J connectivity index is 2.13. The number of hydrogen-bond donors (Lipinski definition) is 1. The maximum absolute atomic E-state index is 12.8. The average Bonchev–Trinajstić information content (AvgIpc) is 2.80. The van der Waals surface area contributed by atoms with Crippen LogP contribution in [0.15, 0.2) is 47.3 Å². The van der Waals surface area contributed by atoms with Gasteiger partial charge in [-0.3, -0.25) is 4.57 Å². The van der Waals surface area contributed by atoms with Crippen LogP contribution in [-0.4, -0.2) is 9.55 Å². The fourth-order valence-electron chi connectivity index (χ4n) is 2.65. The van der Waals surface area contributed by atoms with E-state index >= 15 is 0 Å². The van der Waals surface area contributed by atoms with Gasteiger partial charge in [0, 0.05) is 0 Å². The van der Waals surface area contributed by atoms with Crippen LogP contribution in [0.4, 0.5) is 13.2 Å². The number of fused-ring (bicyclic) bond motifs is 1. The molecule has 3 nitrogen and oxygen atoms in total. The summed E-state index contributed by atoms with van der Waals surface area (Å²) in [5.41, 5.74) is 1.02. The summed E-state index contributed by atoms with van der Waals surface area (Å²) >= 11 is 0. The molecule has 2 aromatic carbocycles. The van der Waals surface area contributed by atoms with Crippen molar-refractivity contribution in [3.8, 4) is 5.69 Å². The van der Waals surface area contributed by atoms with Crippen LogP contribution in [0.5, 0.6) is 0 Å². The van der Waals surface area contributed by atoms with Crippen molar-refractivity contribution < 1.29 is 13.2 Å². The predicted octanol–water partition coefficient (Wildman–Crippen LogP) is 4.64. The van der Waals surface area contributed by atoms with Gasteiger partial charge in [-0.15, -0.1) is 0 Å². The van der Waals surface area contributed by atoms with E-state index < -0.39 is 17.4 Å². The molecule has 0 saturated heterocycles. The van der Waals surface area contributed by atoms with Crippen molar-refractivity contribution in [1.29, 1.82) is 0 Å². The lowest BCUT2D eigenvalue weighted by atomic mass is 9.87. The number of nitrogens with one attached hydrogen (secondary N) is 1. The molecule has 0 fully saturated rings. The Kier molecular flexibility index (Phi) is 3.59. The number of halogens is 3. The summed E-state index contributed by atoms with van der Waals surface area (Å²) in [7, 11) is 0. The first kappa shape index (κ1) is 16.4. The standard InChI is InChI=1S/C18H17F3N2O/c1-17(2,3)11-4-7-13(8-5-11)23-15-9-6-12(18(19,20)21)10-14(15)22-16(23)24/h4-10H,1-3H3,(H,22,24). The largest absolute Gasteiger partial charge is 0.416 e. The quantitative estimate of drug-likeness (QED) is 0.692. The number of nitrogens with zero attached hydrogens (tertiary/aromatic N) is 1. The lowest BCUT2D eigenvalue weighted by molar-refractivity contribution is -0.137. The van der Waals surface area contributed by atoms with E-state index in [1.165, 1.54) is 10.6 Å². The molecule has 0 aliphatic heterocycles. The van der Waals surface area contributed by atoms with Crippen LogP contribution in [0.25, 0.3) is 16.7 Å². The van der Waals surface area contributed by atoms with Crippen molar-refractivity contribution in [2.45, 2.75) is 32.4 Å². The van der Waals surface area contributed by atoms with Gasteiger partial charge in [0.25, 0.3) is 0 Å². The molecular formula is C18H17F3N2O. The average molecular weight is 334 g/mol. The maximum atomic E-state index is 12.8. The molecule has 0 amide bonds. The molecule has 0 saturated carbocycles. The van der Waals surface area contributed by atoms with Crippen LogP contribution in [-0.2, 0) is 11.6 Å². The third-order valence-electron chi connectivity index (χ3n) is 4.00. The molecule has 1 aromatic heterocycles. The monoisotopic (exact) mass is 334 g/mol. The lowest BCUT2D eigenvalue weighted by Crippen LogP contribution is -2.15. The van der Waals surface area contributed by atoms with Crippen molar-refractivity contribution in [3.63, 3.8) is 0 Å². The zero-order valence-electron chi connectivity index (χ0n) is 13.5. The molecule has 0 unspecified atom stereocenters. The fourth-order valence-corrected chi connectivity index (χ4v) is 2.65. The van der Waals surface area contributed by atoms with Gasteiger partial charge in [0.2, 0.25) is 0 Å². The number of alkyl halides is 3. The second-order valence-electron chi connectivity index (χ2n) is 6.79. The van der Waals surface area contributed by atoms with Gasteiger partial charge in [-0.1, -0.05) is 32.9 Å². The van der Waals surface area contributed by atoms with Crippen LogP contribution in [0.1, 0.15) is 31.9 Å². The number of H-pyrrole nitrogens is 1. The van der Waals surface area contributed by atoms with Crippen LogP contribution >= 0.6 is 0 Å². The Morgan fingerprint density at radius 1 is 0.917 bits per heavy atom. The van der Waals surface area contributed by atoms with E-state index in [-0.39, 0.29) is 10.9 Å². The van der Waals surface area contributed by atoms with E-state index in [4.69, 9.17) is 0 Å². The van der Waals surface area contributed by atoms with Crippen molar-refractivity contribution in [3.05, 3.63) is 64.1 Å². The Bertz CT molecular complexity index is 942. The third-order valence-corrected chi connectivity index (χ3v) is 4.00. The van der Waals surface area contributed by atoms with E-state index in [2.05, 4.69) is 25.8 Å². The van der Waals surface area contributed by atoms with Crippen LogP contribution in [0.3, 0.4) is 0 Å². The Labute approximate surface area is 136 Å². The summed E-state index contributed by atoms with van der Waals surface area (Å²) in [5.74, 6) is 0. The molecule has 0 radical (unpaired) electrons. The smallest absolute Gasteiger partial charge is 0.305 e. The van der Waals surface area contributed by atoms with Crippen molar-refractivity contribution in [2.24, 2.45) is 0 Å². The maximum Gasteiger partial charge on any atom is 0.416 e. The van der Waals surface area contributed by atoms with Crippen molar-refractivity contribution >= 4 is 11.0 Å². The van der Waals surface area contributed by atoms with Gasteiger partial charge < -0.3 is 4.98 Å². The van der Waals surface area contributed by atoms with Crippen LogP contribution in [0.2, 0.25) is 0 Å². The summed E-state index contributed by atoms with van der Waals surface area (Å²) in [6.07, 6.45) is -4.44. The second kappa shape index (κ2) is 5.26. The van der Waals surface area contributed by atoms with E-state index in [9.17, 15) is 18.0 Å². The van der Waals surface area contributed by atoms with Gasteiger partial charge >= 0.3 is 11.9 Å². The molecule has 0 aliphatic rings. The van der Waals surface area contributed by atoms with Gasteiger partial charge in [0.05, 0.1) is 22.3 Å². The number of aromatic nitrogens is 2. The molecule has 1 heterocycles. The topological polar surface area (TPSA) is 37.8 Å². The predicted molar refractivity (Wildman–Crippen MR) is 87.6 cm³/mol. The van der Waals surface area contributed by atoms with Crippen LogP contribution in [0, 0.1) is 0 Å². The summed E-state index contributed by atoms with van der Waals surface area (Å²) < 4.78 is 39.8. The minimum absolute atomic E-state index is 0.0225. The molecule has 0 spiro atoms. The van der Waals surface area contributed by atoms with E-state index in [0.717, 1.165) is 17.7 Å². The third kappa shape index (κ3) is 2.84. The number of benzene rings is 2. The molecule has 24 heavy (non-hydrogen) atoms. The van der Waals surface area contributed by atoms with Crippen molar-refractivity contribution in [2.75, 3.05) is 0 Å². The van der Waals surface area contributed by atoms with Gasteiger partial charge in [-0.25, -0.2) is 4.79 Å². The highest BCUT2D eigenvalue weighted by Crippen LogP contribution is 2.31. The highest BCUT2D eigenvalue weighted by molar-refractivity contribution is 5.78. The zero-order chi connectivity index (χ0) is 17.7. The first-order chi connectivity index (χ1) is 11.1. The molecule has 126 valence electrons. The normalized spacial score (nSPS) is 12.8. The molecular weight excluding hydrogens is 317 g/mol. The molecule has 0 aliphatic carbocycles. The molecule has 1 N–H and O–H groups in total. The van der Waals surface area contributed by atoms with E-state index in [1.54, 1.807) is 12.1 Å². The Morgan fingerprint density at radius 2 is 1.50 bits per heavy atom. The first-order valence-electron chi connectivity index (χ1n) is 7.50.